The molecule has 0 aliphatic heterocycles. The second-order valence-corrected chi connectivity index (χ2v) is 13.1. The zero-order valence-electron chi connectivity index (χ0n) is 20.5. The number of carbonyl (C=O) groups excluding carboxylic acids is 1. The predicted molar refractivity (Wildman–Crippen MR) is 140 cm³/mol. The summed E-state index contributed by atoms with van der Waals surface area (Å²) in [4.78, 5) is 16.2. The van der Waals surface area contributed by atoms with E-state index in [1.165, 1.54) is 21.1 Å². The van der Waals surface area contributed by atoms with Gasteiger partial charge in [-0.2, -0.15) is 0 Å². The van der Waals surface area contributed by atoms with E-state index in [0.29, 0.717) is 24.2 Å². The summed E-state index contributed by atoms with van der Waals surface area (Å²) in [5, 5.41) is 10.9. The smallest absolute Gasteiger partial charge is 0.344 e. The summed E-state index contributed by atoms with van der Waals surface area (Å²) in [6, 6.07) is 29.1. The fourth-order valence-corrected chi connectivity index (χ4v) is 9.26. The quantitative estimate of drug-likeness (QED) is 0.302. The molecule has 0 heterocycles. The number of carbonyl (C=O) groups is 1. The van der Waals surface area contributed by atoms with E-state index in [-0.39, 0.29) is 28.9 Å². The maximum absolute atomic E-state index is 12.5. The molecule has 2 unspecified atom stereocenters. The van der Waals surface area contributed by atoms with Crippen molar-refractivity contribution in [1.29, 1.82) is 0 Å². The van der Waals surface area contributed by atoms with Crippen molar-refractivity contribution >= 4 is 16.9 Å². The molecule has 5 heteroatoms. The van der Waals surface area contributed by atoms with E-state index in [4.69, 9.17) is 9.47 Å². The van der Waals surface area contributed by atoms with Gasteiger partial charge in [0.15, 0.2) is 21.3 Å². The van der Waals surface area contributed by atoms with Crippen LogP contribution in [0.3, 0.4) is 0 Å². The molecule has 4 nitrogen and oxygen atoms in total. The van der Waals surface area contributed by atoms with Gasteiger partial charge in [-0.25, -0.2) is 4.79 Å². The van der Waals surface area contributed by atoms with Crippen molar-refractivity contribution in [3.8, 4) is 5.75 Å². The first-order valence-corrected chi connectivity index (χ1v) is 14.2. The van der Waals surface area contributed by atoms with E-state index in [9.17, 15) is 9.90 Å². The first-order chi connectivity index (χ1) is 17.5. The van der Waals surface area contributed by atoms with Gasteiger partial charge in [-0.3, -0.25) is 0 Å². The minimum atomic E-state index is -0.535. The van der Waals surface area contributed by atoms with Crippen molar-refractivity contribution in [3.05, 3.63) is 84.9 Å². The summed E-state index contributed by atoms with van der Waals surface area (Å²) < 4.78 is 11.5. The lowest BCUT2D eigenvalue weighted by molar-refractivity contribution is -0.187. The second kappa shape index (κ2) is 9.60. The molecule has 4 fully saturated rings. The van der Waals surface area contributed by atoms with Gasteiger partial charge in [0, 0.05) is 5.41 Å². The third-order valence-corrected chi connectivity index (χ3v) is 10.3. The van der Waals surface area contributed by atoms with Crippen LogP contribution >= 0.6 is 0 Å². The van der Waals surface area contributed by atoms with Gasteiger partial charge < -0.3 is 14.6 Å². The second-order valence-electron chi connectivity index (χ2n) is 11.0. The van der Waals surface area contributed by atoms with Crippen molar-refractivity contribution in [2.24, 2.45) is 17.3 Å². The topological polar surface area (TPSA) is 55.8 Å². The SMILES string of the molecule is O=C(COc1ccc([S+](c2ccccc2)c2ccccc2)cc1)OCC12CC3CC(CC(O)(C3)C1)C2. The summed E-state index contributed by atoms with van der Waals surface area (Å²) in [6.45, 7) is 0.302. The van der Waals surface area contributed by atoms with Gasteiger partial charge >= 0.3 is 5.97 Å². The summed E-state index contributed by atoms with van der Waals surface area (Å²) in [5.41, 5.74) is -0.576. The van der Waals surface area contributed by atoms with Crippen LogP contribution in [0.25, 0.3) is 0 Å². The van der Waals surface area contributed by atoms with E-state index in [1.807, 2.05) is 24.3 Å². The number of hydrogen-bond donors (Lipinski definition) is 1. The zero-order chi connectivity index (χ0) is 24.6. The largest absolute Gasteiger partial charge is 0.482 e. The molecule has 36 heavy (non-hydrogen) atoms. The van der Waals surface area contributed by atoms with Crippen molar-refractivity contribution in [2.45, 2.75) is 58.8 Å². The van der Waals surface area contributed by atoms with Crippen LogP contribution in [0, 0.1) is 17.3 Å². The number of benzene rings is 3. The number of rotatable bonds is 8. The highest BCUT2D eigenvalue weighted by atomic mass is 32.2. The third kappa shape index (κ3) is 4.91. The highest BCUT2D eigenvalue weighted by Crippen LogP contribution is 2.61. The van der Waals surface area contributed by atoms with Gasteiger partial charge in [-0.15, -0.1) is 0 Å². The molecule has 1 N–H and O–H groups in total. The average Bonchev–Trinajstić information content (AvgIpc) is 2.87. The molecule has 0 radical (unpaired) electrons. The molecule has 0 saturated heterocycles. The van der Waals surface area contributed by atoms with Gasteiger partial charge in [0.05, 0.1) is 23.1 Å². The molecule has 2 atom stereocenters. The fraction of sp³-hybridized carbons (Fsp3) is 0.387. The minimum Gasteiger partial charge on any atom is -0.482 e. The Morgan fingerprint density at radius 1 is 0.806 bits per heavy atom. The first kappa shape index (κ1) is 23.6. The fourth-order valence-electron chi connectivity index (χ4n) is 7.18. The Kier molecular flexibility index (Phi) is 6.30. The van der Waals surface area contributed by atoms with Gasteiger partial charge in [0.1, 0.15) is 5.75 Å². The molecule has 4 aliphatic rings. The van der Waals surface area contributed by atoms with E-state index < -0.39 is 5.60 Å². The highest BCUT2D eigenvalue weighted by Gasteiger charge is 2.57. The van der Waals surface area contributed by atoms with E-state index >= 15 is 0 Å². The molecular weight excluding hydrogens is 468 g/mol. The van der Waals surface area contributed by atoms with Crippen LogP contribution in [0.2, 0.25) is 0 Å². The molecule has 4 saturated carbocycles. The molecule has 0 aromatic heterocycles. The Morgan fingerprint density at radius 2 is 1.36 bits per heavy atom. The lowest BCUT2D eigenvalue weighted by Gasteiger charge is -2.59. The lowest BCUT2D eigenvalue weighted by atomic mass is 9.48. The van der Waals surface area contributed by atoms with Crippen molar-refractivity contribution in [3.63, 3.8) is 0 Å². The minimum absolute atomic E-state index is 0.0407. The van der Waals surface area contributed by atoms with Crippen LogP contribution in [-0.4, -0.2) is 29.9 Å². The molecule has 7 rings (SSSR count). The summed E-state index contributed by atoms with van der Waals surface area (Å²) in [6.07, 6.45) is 6.00. The Hall–Kier alpha value is -2.76. The van der Waals surface area contributed by atoms with E-state index in [2.05, 4.69) is 60.7 Å². The van der Waals surface area contributed by atoms with Crippen molar-refractivity contribution in [2.75, 3.05) is 13.2 Å². The monoisotopic (exact) mass is 501 g/mol. The summed E-state index contributed by atoms with van der Waals surface area (Å²) in [5.74, 6) is 1.49. The number of ether oxygens (including phenoxy) is 2. The van der Waals surface area contributed by atoms with Gasteiger partial charge in [-0.05, 0) is 98.9 Å². The first-order valence-electron chi connectivity index (χ1n) is 12.9. The lowest BCUT2D eigenvalue weighted by Crippen LogP contribution is -2.57. The molecule has 0 spiro atoms. The van der Waals surface area contributed by atoms with E-state index in [1.54, 1.807) is 0 Å². The van der Waals surface area contributed by atoms with Crippen LogP contribution in [-0.2, 0) is 20.4 Å². The Labute approximate surface area is 216 Å². The summed E-state index contributed by atoms with van der Waals surface area (Å²) in [7, 11) is -0.216. The number of esters is 1. The Bertz CT molecular complexity index is 1140. The van der Waals surface area contributed by atoms with Crippen LogP contribution in [0.1, 0.15) is 38.5 Å². The number of aliphatic hydroxyl groups is 1. The molecule has 4 bridgehead atoms. The molecule has 4 aliphatic carbocycles. The van der Waals surface area contributed by atoms with Gasteiger partial charge in [0.25, 0.3) is 0 Å². The van der Waals surface area contributed by atoms with Crippen LogP contribution in [0.4, 0.5) is 0 Å². The maximum atomic E-state index is 12.5. The Balaban J connectivity index is 1.07. The van der Waals surface area contributed by atoms with Crippen LogP contribution in [0.15, 0.2) is 99.6 Å². The van der Waals surface area contributed by atoms with Crippen LogP contribution < -0.4 is 4.74 Å². The Morgan fingerprint density at radius 3 is 1.92 bits per heavy atom. The summed E-state index contributed by atoms with van der Waals surface area (Å²) >= 11 is 0. The molecular formula is C31H33O4S+. The third-order valence-electron chi connectivity index (χ3n) is 8.06. The highest BCUT2D eigenvalue weighted by molar-refractivity contribution is 7.97. The van der Waals surface area contributed by atoms with Crippen molar-refractivity contribution in [1.82, 2.24) is 0 Å². The van der Waals surface area contributed by atoms with Crippen LogP contribution in [0.5, 0.6) is 5.75 Å². The molecule has 186 valence electrons. The molecule has 0 amide bonds. The normalized spacial score (nSPS) is 28.3. The van der Waals surface area contributed by atoms with Gasteiger partial charge in [-0.1, -0.05) is 36.4 Å². The standard InChI is InChI=1S/C31H33O4S/c32-29(35-22-30-16-23-15-24(17-30)19-31(33,18-23)21-30)20-34-25-11-13-28(14-12-25)36(26-7-3-1-4-8-26)27-9-5-2-6-10-27/h1-14,23-24,33H,15-22H2/q+1. The predicted octanol–water partition coefficient (Wildman–Crippen LogP) is 6.04. The molecule has 3 aromatic carbocycles. The van der Waals surface area contributed by atoms with Crippen molar-refractivity contribution < 1.29 is 19.4 Å². The van der Waals surface area contributed by atoms with E-state index in [0.717, 1.165) is 32.1 Å². The zero-order valence-corrected chi connectivity index (χ0v) is 21.3. The maximum Gasteiger partial charge on any atom is 0.344 e. The molecule has 3 aromatic rings. The number of hydrogen-bond acceptors (Lipinski definition) is 4. The average molecular weight is 502 g/mol. The van der Waals surface area contributed by atoms with Gasteiger partial charge in [0.2, 0.25) is 0 Å².